The minimum absolute atomic E-state index is 0.0656. The van der Waals surface area contributed by atoms with Crippen molar-refractivity contribution >= 4 is 18.0 Å². The van der Waals surface area contributed by atoms with Crippen LogP contribution in [0.1, 0.15) is 22.8 Å². The van der Waals surface area contributed by atoms with Crippen LogP contribution in [0.15, 0.2) is 54.6 Å². The molecule has 0 aliphatic carbocycles. The molecule has 2 aromatic rings. The molecule has 0 aromatic heterocycles. The molecule has 0 heterocycles. The van der Waals surface area contributed by atoms with Crippen molar-refractivity contribution in [3.05, 3.63) is 65.7 Å². The van der Waals surface area contributed by atoms with Crippen LogP contribution in [0.5, 0.6) is 11.5 Å². The molecule has 0 N–H and O–H groups in total. The SMILES string of the molecule is CCOC(=O)C=Cc1ccc(OC(=O)c2ccc(OC(F)(F)F)cc2)cc1. The molecule has 0 bridgehead atoms. The number of ether oxygens (including phenoxy) is 3. The third-order valence-corrected chi connectivity index (χ3v) is 3.11. The van der Waals surface area contributed by atoms with E-state index in [1.165, 1.54) is 30.3 Å². The van der Waals surface area contributed by atoms with Gasteiger partial charge in [-0.15, -0.1) is 13.2 Å². The van der Waals surface area contributed by atoms with Gasteiger partial charge in [0.2, 0.25) is 0 Å². The van der Waals surface area contributed by atoms with Gasteiger partial charge in [-0.3, -0.25) is 0 Å². The first-order valence-electron chi connectivity index (χ1n) is 7.80. The summed E-state index contributed by atoms with van der Waals surface area (Å²) in [7, 11) is 0. The second-order valence-corrected chi connectivity index (χ2v) is 5.12. The smallest absolute Gasteiger partial charge is 0.463 e. The van der Waals surface area contributed by atoms with Gasteiger partial charge in [0.05, 0.1) is 12.2 Å². The number of carbonyl (C=O) groups is 2. The zero-order valence-electron chi connectivity index (χ0n) is 14.2. The van der Waals surface area contributed by atoms with Crippen molar-refractivity contribution in [2.45, 2.75) is 13.3 Å². The summed E-state index contributed by atoms with van der Waals surface area (Å²) in [5.74, 6) is -1.39. The summed E-state index contributed by atoms with van der Waals surface area (Å²) >= 11 is 0. The van der Waals surface area contributed by atoms with Crippen LogP contribution in [0.2, 0.25) is 0 Å². The zero-order valence-corrected chi connectivity index (χ0v) is 14.2. The lowest BCUT2D eigenvalue weighted by atomic mass is 10.2. The highest BCUT2D eigenvalue weighted by Gasteiger charge is 2.31. The Hall–Kier alpha value is -3.29. The van der Waals surface area contributed by atoms with Crippen LogP contribution in [0.25, 0.3) is 6.08 Å². The minimum atomic E-state index is -4.80. The van der Waals surface area contributed by atoms with Gasteiger partial charge in [0.25, 0.3) is 0 Å². The van der Waals surface area contributed by atoms with E-state index in [4.69, 9.17) is 9.47 Å². The standard InChI is InChI=1S/C19H15F3O5/c1-2-25-17(23)12-5-13-3-8-15(9-4-13)26-18(24)14-6-10-16(11-7-14)27-19(20,21)22/h3-12H,2H2,1H3. The first kappa shape index (κ1) is 20.0. The molecule has 5 nitrogen and oxygen atoms in total. The molecule has 142 valence electrons. The van der Waals surface area contributed by atoms with Gasteiger partial charge in [-0.25, -0.2) is 9.59 Å². The van der Waals surface area contributed by atoms with Gasteiger partial charge in [0.1, 0.15) is 11.5 Å². The molecule has 0 saturated carbocycles. The Morgan fingerprint density at radius 1 is 0.963 bits per heavy atom. The molecular formula is C19H15F3O5. The fraction of sp³-hybridized carbons (Fsp3) is 0.158. The molecule has 2 aromatic carbocycles. The van der Waals surface area contributed by atoms with Gasteiger partial charge >= 0.3 is 18.3 Å². The zero-order chi connectivity index (χ0) is 19.9. The Labute approximate surface area is 153 Å². The van der Waals surface area contributed by atoms with Gasteiger partial charge in [0, 0.05) is 6.08 Å². The van der Waals surface area contributed by atoms with Crippen molar-refractivity contribution in [3.8, 4) is 11.5 Å². The van der Waals surface area contributed by atoms with Crippen molar-refractivity contribution < 1.29 is 37.0 Å². The fourth-order valence-electron chi connectivity index (χ4n) is 1.96. The van der Waals surface area contributed by atoms with Crippen LogP contribution >= 0.6 is 0 Å². The minimum Gasteiger partial charge on any atom is -0.463 e. The molecule has 0 amide bonds. The molecule has 0 aliphatic rings. The Bertz CT molecular complexity index is 809. The predicted octanol–water partition coefficient (Wildman–Crippen LogP) is 4.38. The monoisotopic (exact) mass is 380 g/mol. The summed E-state index contributed by atoms with van der Waals surface area (Å²) in [5, 5.41) is 0. The summed E-state index contributed by atoms with van der Waals surface area (Å²) in [4.78, 5) is 23.3. The summed E-state index contributed by atoms with van der Waals surface area (Å²) in [6.45, 7) is 1.98. The molecular weight excluding hydrogens is 365 g/mol. The second kappa shape index (κ2) is 8.88. The predicted molar refractivity (Wildman–Crippen MR) is 90.2 cm³/mol. The number of hydrogen-bond acceptors (Lipinski definition) is 5. The molecule has 0 atom stereocenters. The lowest BCUT2D eigenvalue weighted by Gasteiger charge is -2.09. The number of halogens is 3. The van der Waals surface area contributed by atoms with Crippen LogP contribution in [0.4, 0.5) is 13.2 Å². The van der Waals surface area contributed by atoms with Crippen LogP contribution in [0, 0.1) is 0 Å². The summed E-state index contributed by atoms with van der Waals surface area (Å²) in [6.07, 6.45) is -1.98. The average molecular weight is 380 g/mol. The van der Waals surface area contributed by atoms with E-state index in [2.05, 4.69) is 4.74 Å². The highest BCUT2D eigenvalue weighted by atomic mass is 19.4. The van der Waals surface area contributed by atoms with E-state index in [9.17, 15) is 22.8 Å². The van der Waals surface area contributed by atoms with E-state index < -0.39 is 24.1 Å². The molecule has 0 radical (unpaired) electrons. The molecule has 27 heavy (non-hydrogen) atoms. The average Bonchev–Trinajstić information content (AvgIpc) is 2.60. The molecule has 0 fully saturated rings. The quantitative estimate of drug-likeness (QED) is 0.423. The number of esters is 2. The maximum atomic E-state index is 12.1. The molecule has 0 spiro atoms. The van der Waals surface area contributed by atoms with Gasteiger partial charge < -0.3 is 14.2 Å². The Morgan fingerprint density at radius 3 is 2.11 bits per heavy atom. The lowest BCUT2D eigenvalue weighted by Crippen LogP contribution is -2.17. The number of hydrogen-bond donors (Lipinski definition) is 0. The third kappa shape index (κ3) is 6.85. The van der Waals surface area contributed by atoms with Crippen LogP contribution in [0.3, 0.4) is 0 Å². The maximum Gasteiger partial charge on any atom is 0.573 e. The molecule has 0 unspecified atom stereocenters. The molecule has 2 rings (SSSR count). The van der Waals surface area contributed by atoms with Crippen molar-refractivity contribution in [1.29, 1.82) is 0 Å². The number of alkyl halides is 3. The number of carbonyl (C=O) groups excluding carboxylic acids is 2. The molecule has 8 heteroatoms. The summed E-state index contributed by atoms with van der Waals surface area (Å²) < 4.78 is 50.0. The van der Waals surface area contributed by atoms with Gasteiger partial charge in [-0.2, -0.15) is 0 Å². The normalized spacial score (nSPS) is 11.3. The summed E-state index contributed by atoms with van der Waals surface area (Å²) in [5.41, 5.74) is 0.757. The van der Waals surface area contributed by atoms with Gasteiger partial charge in [-0.1, -0.05) is 12.1 Å². The number of benzene rings is 2. The third-order valence-electron chi connectivity index (χ3n) is 3.11. The van der Waals surface area contributed by atoms with Gasteiger partial charge in [-0.05, 0) is 55.0 Å². The number of rotatable bonds is 6. The fourth-order valence-corrected chi connectivity index (χ4v) is 1.96. The first-order chi connectivity index (χ1) is 12.8. The van der Waals surface area contributed by atoms with Crippen molar-refractivity contribution in [2.75, 3.05) is 6.61 Å². The van der Waals surface area contributed by atoms with Gasteiger partial charge in [0.15, 0.2) is 0 Å². The summed E-state index contributed by atoms with van der Waals surface area (Å²) in [6, 6.07) is 10.7. The van der Waals surface area contributed by atoms with E-state index >= 15 is 0 Å². The Kier molecular flexibility index (Phi) is 6.59. The lowest BCUT2D eigenvalue weighted by molar-refractivity contribution is -0.274. The van der Waals surface area contributed by atoms with Crippen LogP contribution < -0.4 is 9.47 Å². The van der Waals surface area contributed by atoms with Crippen molar-refractivity contribution in [3.63, 3.8) is 0 Å². The van der Waals surface area contributed by atoms with E-state index in [0.29, 0.717) is 5.56 Å². The largest absolute Gasteiger partial charge is 0.573 e. The van der Waals surface area contributed by atoms with E-state index in [0.717, 1.165) is 12.1 Å². The highest BCUT2D eigenvalue weighted by Crippen LogP contribution is 2.23. The highest BCUT2D eigenvalue weighted by molar-refractivity contribution is 5.91. The van der Waals surface area contributed by atoms with Crippen molar-refractivity contribution in [1.82, 2.24) is 0 Å². The Morgan fingerprint density at radius 2 is 1.56 bits per heavy atom. The maximum absolute atomic E-state index is 12.1. The topological polar surface area (TPSA) is 61.8 Å². The van der Waals surface area contributed by atoms with Crippen LogP contribution in [-0.2, 0) is 9.53 Å². The van der Waals surface area contributed by atoms with E-state index in [1.807, 2.05) is 0 Å². The molecule has 0 aliphatic heterocycles. The van der Waals surface area contributed by atoms with E-state index in [1.54, 1.807) is 25.1 Å². The van der Waals surface area contributed by atoms with E-state index in [-0.39, 0.29) is 17.9 Å². The van der Waals surface area contributed by atoms with Crippen LogP contribution in [-0.4, -0.2) is 24.9 Å². The van der Waals surface area contributed by atoms with Crippen molar-refractivity contribution in [2.24, 2.45) is 0 Å². The first-order valence-corrected chi connectivity index (χ1v) is 7.80. The Balaban J connectivity index is 1.96. The molecule has 0 saturated heterocycles. The second-order valence-electron chi connectivity index (χ2n) is 5.12.